The van der Waals surface area contributed by atoms with Gasteiger partial charge in [0, 0.05) is 30.1 Å². The van der Waals surface area contributed by atoms with Crippen LogP contribution in [0.4, 0.5) is 0 Å². The summed E-state index contributed by atoms with van der Waals surface area (Å²) >= 11 is 6.16. The number of fused-ring (bicyclic) bond motifs is 1. The number of carbonyl (C=O) groups is 2. The SMILES string of the molecule is CCOC(=O)C(OC(C)(C)C)c1c(C)cc2nc(C(=O)N(C)C)ccc2c1-c1ccc(Cl)cc1. The van der Waals surface area contributed by atoms with Crippen LogP contribution in [0.1, 0.15) is 55.4 Å². The Morgan fingerprint density at radius 1 is 1.09 bits per heavy atom. The van der Waals surface area contributed by atoms with Gasteiger partial charge in [-0.25, -0.2) is 9.78 Å². The van der Waals surface area contributed by atoms with E-state index in [1.807, 2.05) is 52.0 Å². The maximum Gasteiger partial charge on any atom is 0.339 e. The summed E-state index contributed by atoms with van der Waals surface area (Å²) in [4.78, 5) is 31.8. The molecule has 0 saturated carbocycles. The van der Waals surface area contributed by atoms with Crippen LogP contribution in [0.15, 0.2) is 42.5 Å². The number of hydrogen-bond donors (Lipinski definition) is 0. The molecule has 1 heterocycles. The lowest BCUT2D eigenvalue weighted by Gasteiger charge is -2.29. The second kappa shape index (κ2) is 10.1. The Morgan fingerprint density at radius 2 is 1.74 bits per heavy atom. The number of benzene rings is 2. The first-order valence-corrected chi connectivity index (χ1v) is 11.6. The van der Waals surface area contributed by atoms with E-state index in [-0.39, 0.29) is 12.5 Å². The van der Waals surface area contributed by atoms with Crippen molar-refractivity contribution in [2.24, 2.45) is 0 Å². The van der Waals surface area contributed by atoms with Crippen LogP contribution >= 0.6 is 11.6 Å². The molecule has 0 radical (unpaired) electrons. The highest BCUT2D eigenvalue weighted by molar-refractivity contribution is 6.30. The van der Waals surface area contributed by atoms with E-state index in [9.17, 15) is 9.59 Å². The highest BCUT2D eigenvalue weighted by atomic mass is 35.5. The standard InChI is InChI=1S/C27H31ClN2O4/c1-8-33-26(32)24(34-27(3,4)5)22-16(2)15-21-19(13-14-20(29-21)25(31)30(6)7)23(22)17-9-11-18(28)12-10-17/h9-15,24H,8H2,1-7H3. The van der Waals surface area contributed by atoms with Gasteiger partial charge in [0.1, 0.15) is 5.69 Å². The van der Waals surface area contributed by atoms with Crippen LogP contribution in [-0.4, -0.2) is 48.1 Å². The third-order valence-corrected chi connectivity index (χ3v) is 5.49. The van der Waals surface area contributed by atoms with Crippen molar-refractivity contribution >= 4 is 34.4 Å². The molecule has 1 aromatic heterocycles. The number of halogens is 1. The Hall–Kier alpha value is -2.96. The summed E-state index contributed by atoms with van der Waals surface area (Å²) in [5, 5.41) is 1.40. The van der Waals surface area contributed by atoms with Gasteiger partial charge in [0.05, 0.1) is 17.7 Å². The number of carbonyl (C=O) groups excluding carboxylic acids is 2. The van der Waals surface area contributed by atoms with Crippen LogP contribution in [-0.2, 0) is 14.3 Å². The largest absolute Gasteiger partial charge is 0.464 e. The molecule has 2 aromatic carbocycles. The number of pyridine rings is 1. The molecule has 0 bridgehead atoms. The number of rotatable bonds is 6. The Labute approximate surface area is 205 Å². The Kier molecular flexibility index (Phi) is 7.64. The van der Waals surface area contributed by atoms with Crippen LogP contribution in [0.2, 0.25) is 5.02 Å². The molecule has 0 aliphatic carbocycles. The fraction of sp³-hybridized carbons (Fsp3) is 0.370. The first kappa shape index (κ1) is 25.7. The summed E-state index contributed by atoms with van der Waals surface area (Å²) in [6, 6.07) is 12.9. The molecule has 0 N–H and O–H groups in total. The van der Waals surface area contributed by atoms with Crippen molar-refractivity contribution in [3.63, 3.8) is 0 Å². The summed E-state index contributed by atoms with van der Waals surface area (Å²) in [6.45, 7) is 9.62. The number of amides is 1. The van der Waals surface area contributed by atoms with Gasteiger partial charge in [-0.2, -0.15) is 0 Å². The van der Waals surface area contributed by atoms with E-state index in [1.165, 1.54) is 4.90 Å². The van der Waals surface area contributed by atoms with Crippen LogP contribution < -0.4 is 0 Å². The minimum absolute atomic E-state index is 0.183. The van der Waals surface area contributed by atoms with E-state index >= 15 is 0 Å². The highest BCUT2D eigenvalue weighted by Crippen LogP contribution is 2.40. The predicted molar refractivity (Wildman–Crippen MR) is 135 cm³/mol. The van der Waals surface area contributed by atoms with Gasteiger partial charge in [0.25, 0.3) is 5.91 Å². The van der Waals surface area contributed by atoms with E-state index in [0.717, 1.165) is 22.1 Å². The molecule has 3 rings (SSSR count). The van der Waals surface area contributed by atoms with Gasteiger partial charge in [0.15, 0.2) is 6.10 Å². The van der Waals surface area contributed by atoms with Gasteiger partial charge in [-0.05, 0) is 81.6 Å². The third kappa shape index (κ3) is 5.57. The molecule has 0 fully saturated rings. The summed E-state index contributed by atoms with van der Waals surface area (Å²) in [5.74, 6) is -0.639. The van der Waals surface area contributed by atoms with E-state index in [2.05, 4.69) is 4.98 Å². The highest BCUT2D eigenvalue weighted by Gasteiger charge is 2.33. The summed E-state index contributed by atoms with van der Waals surface area (Å²) in [7, 11) is 3.38. The number of esters is 1. The Balaban J connectivity index is 2.37. The lowest BCUT2D eigenvalue weighted by Crippen LogP contribution is -2.29. The zero-order valence-corrected chi connectivity index (χ0v) is 21.5. The van der Waals surface area contributed by atoms with Crippen molar-refractivity contribution < 1.29 is 19.1 Å². The van der Waals surface area contributed by atoms with Gasteiger partial charge in [-0.15, -0.1) is 0 Å². The van der Waals surface area contributed by atoms with Gasteiger partial charge < -0.3 is 14.4 Å². The van der Waals surface area contributed by atoms with Crippen molar-refractivity contribution in [1.29, 1.82) is 0 Å². The second-order valence-electron chi connectivity index (χ2n) is 9.31. The van der Waals surface area contributed by atoms with Crippen LogP contribution in [0.25, 0.3) is 22.0 Å². The normalized spacial score (nSPS) is 12.5. The maximum absolute atomic E-state index is 13.1. The van der Waals surface area contributed by atoms with Crippen LogP contribution in [0.5, 0.6) is 0 Å². The molecule has 3 aromatic rings. The van der Waals surface area contributed by atoms with Crippen molar-refractivity contribution in [1.82, 2.24) is 9.88 Å². The maximum atomic E-state index is 13.1. The number of aryl methyl sites for hydroxylation is 1. The molecule has 0 saturated heterocycles. The first-order valence-electron chi connectivity index (χ1n) is 11.2. The molecule has 180 valence electrons. The predicted octanol–water partition coefficient (Wildman–Crippen LogP) is 5.98. The second-order valence-corrected chi connectivity index (χ2v) is 9.75. The molecule has 34 heavy (non-hydrogen) atoms. The topological polar surface area (TPSA) is 68.7 Å². The molecule has 0 aliphatic heterocycles. The van der Waals surface area contributed by atoms with Crippen molar-refractivity contribution in [3.8, 4) is 11.1 Å². The fourth-order valence-electron chi connectivity index (χ4n) is 3.83. The van der Waals surface area contributed by atoms with E-state index in [4.69, 9.17) is 21.1 Å². The lowest BCUT2D eigenvalue weighted by atomic mass is 9.88. The molecular weight excluding hydrogens is 452 g/mol. The first-order chi connectivity index (χ1) is 15.9. The fourth-order valence-corrected chi connectivity index (χ4v) is 3.96. The monoisotopic (exact) mass is 482 g/mol. The lowest BCUT2D eigenvalue weighted by molar-refractivity contribution is -0.166. The minimum Gasteiger partial charge on any atom is -0.464 e. The summed E-state index contributed by atoms with van der Waals surface area (Å²) in [6.07, 6.45) is -0.946. The minimum atomic E-state index is -0.946. The number of hydrogen-bond acceptors (Lipinski definition) is 5. The molecule has 7 heteroatoms. The summed E-state index contributed by atoms with van der Waals surface area (Å²) < 4.78 is 11.7. The van der Waals surface area contributed by atoms with Crippen molar-refractivity contribution in [3.05, 3.63) is 64.3 Å². The number of aromatic nitrogens is 1. The zero-order valence-electron chi connectivity index (χ0n) is 20.7. The van der Waals surface area contributed by atoms with Crippen molar-refractivity contribution in [2.45, 2.75) is 46.3 Å². The molecule has 0 aliphatic rings. The average Bonchev–Trinajstić information content (AvgIpc) is 2.76. The van der Waals surface area contributed by atoms with Gasteiger partial charge in [-0.3, -0.25) is 4.79 Å². The molecule has 6 nitrogen and oxygen atoms in total. The van der Waals surface area contributed by atoms with Crippen LogP contribution in [0, 0.1) is 6.92 Å². The number of ether oxygens (including phenoxy) is 2. The van der Waals surface area contributed by atoms with E-state index in [0.29, 0.717) is 21.8 Å². The van der Waals surface area contributed by atoms with Crippen molar-refractivity contribution in [2.75, 3.05) is 20.7 Å². The van der Waals surface area contributed by atoms with E-state index in [1.54, 1.807) is 39.2 Å². The third-order valence-electron chi connectivity index (χ3n) is 5.23. The van der Waals surface area contributed by atoms with E-state index < -0.39 is 17.7 Å². The average molecular weight is 483 g/mol. The zero-order chi connectivity index (χ0) is 25.2. The Morgan fingerprint density at radius 3 is 2.29 bits per heavy atom. The Bertz CT molecular complexity index is 1210. The molecular formula is C27H31ClN2O4. The van der Waals surface area contributed by atoms with Crippen LogP contribution in [0.3, 0.4) is 0 Å². The molecule has 1 amide bonds. The summed E-state index contributed by atoms with van der Waals surface area (Å²) in [5.41, 5.74) is 3.56. The van der Waals surface area contributed by atoms with Gasteiger partial charge in [0.2, 0.25) is 0 Å². The smallest absolute Gasteiger partial charge is 0.339 e. The number of nitrogens with zero attached hydrogens (tertiary/aromatic N) is 2. The molecule has 1 atom stereocenters. The molecule has 0 spiro atoms. The quantitative estimate of drug-likeness (QED) is 0.404. The molecule has 1 unspecified atom stereocenters. The van der Waals surface area contributed by atoms with Gasteiger partial charge >= 0.3 is 5.97 Å². The van der Waals surface area contributed by atoms with Gasteiger partial charge in [-0.1, -0.05) is 23.7 Å².